The van der Waals surface area contributed by atoms with Crippen LogP contribution in [0.25, 0.3) is 10.9 Å². The predicted molar refractivity (Wildman–Crippen MR) is 67.8 cm³/mol. The summed E-state index contributed by atoms with van der Waals surface area (Å²) in [6.07, 6.45) is 2.13. The summed E-state index contributed by atoms with van der Waals surface area (Å²) in [4.78, 5) is 0. The number of aliphatic hydroxyl groups is 1. The Labute approximate surface area is 96.5 Å². The second-order valence-electron chi connectivity index (χ2n) is 4.72. The molecule has 1 aromatic heterocycles. The van der Waals surface area contributed by atoms with E-state index in [1.165, 1.54) is 16.5 Å². The molecule has 1 atom stereocenters. The molecular weight excluding hydrogens is 198 g/mol. The third-order valence-corrected chi connectivity index (χ3v) is 3.14. The van der Waals surface area contributed by atoms with Gasteiger partial charge in [-0.15, -0.1) is 0 Å². The van der Waals surface area contributed by atoms with Crippen molar-refractivity contribution in [2.45, 2.75) is 32.7 Å². The number of fused-ring (bicyclic) bond motifs is 1. The maximum Gasteiger partial charge on any atom is 0.0497 e. The van der Waals surface area contributed by atoms with Crippen LogP contribution in [-0.2, 0) is 0 Å². The standard InChI is InChI=1S/C14H19NO/c1-10(2)15-7-6-13-8-12(11(3)9-16)4-5-14(13)15/h4-8,10-11,16H,9H2,1-3H3. The molecule has 1 unspecified atom stereocenters. The summed E-state index contributed by atoms with van der Waals surface area (Å²) in [5.41, 5.74) is 2.47. The summed E-state index contributed by atoms with van der Waals surface area (Å²) in [5.74, 6) is 0.215. The van der Waals surface area contributed by atoms with E-state index < -0.39 is 0 Å². The van der Waals surface area contributed by atoms with Gasteiger partial charge in [-0.05, 0) is 43.0 Å². The first-order chi connectivity index (χ1) is 7.63. The Bertz CT molecular complexity index is 484. The fourth-order valence-corrected chi connectivity index (χ4v) is 2.04. The van der Waals surface area contributed by atoms with Gasteiger partial charge in [0.25, 0.3) is 0 Å². The minimum atomic E-state index is 0.205. The number of rotatable bonds is 3. The molecule has 16 heavy (non-hydrogen) atoms. The van der Waals surface area contributed by atoms with E-state index in [1.807, 2.05) is 6.92 Å². The van der Waals surface area contributed by atoms with Gasteiger partial charge in [-0.25, -0.2) is 0 Å². The van der Waals surface area contributed by atoms with E-state index in [9.17, 15) is 0 Å². The Balaban J connectivity index is 2.49. The van der Waals surface area contributed by atoms with Gasteiger partial charge in [0.05, 0.1) is 0 Å². The quantitative estimate of drug-likeness (QED) is 0.838. The summed E-state index contributed by atoms with van der Waals surface area (Å²) in [6, 6.07) is 9.07. The van der Waals surface area contributed by atoms with Crippen molar-refractivity contribution in [3.63, 3.8) is 0 Å². The summed E-state index contributed by atoms with van der Waals surface area (Å²) in [7, 11) is 0. The molecule has 0 saturated heterocycles. The smallest absolute Gasteiger partial charge is 0.0497 e. The van der Waals surface area contributed by atoms with E-state index in [1.54, 1.807) is 0 Å². The van der Waals surface area contributed by atoms with Gasteiger partial charge in [-0.2, -0.15) is 0 Å². The number of nitrogens with zero attached hydrogens (tertiary/aromatic N) is 1. The zero-order chi connectivity index (χ0) is 11.7. The maximum absolute atomic E-state index is 9.15. The van der Waals surface area contributed by atoms with Crippen molar-refractivity contribution in [1.29, 1.82) is 0 Å². The fraction of sp³-hybridized carbons (Fsp3) is 0.429. The molecule has 86 valence electrons. The lowest BCUT2D eigenvalue weighted by atomic mass is 10.0. The van der Waals surface area contributed by atoms with E-state index in [4.69, 9.17) is 5.11 Å². The minimum absolute atomic E-state index is 0.205. The van der Waals surface area contributed by atoms with Crippen LogP contribution in [0.4, 0.5) is 0 Å². The van der Waals surface area contributed by atoms with Gasteiger partial charge in [0.1, 0.15) is 0 Å². The Morgan fingerprint density at radius 3 is 2.56 bits per heavy atom. The molecule has 0 aliphatic rings. The lowest BCUT2D eigenvalue weighted by Crippen LogP contribution is -2.00. The van der Waals surface area contributed by atoms with Crippen LogP contribution in [0.1, 0.15) is 38.3 Å². The zero-order valence-electron chi connectivity index (χ0n) is 10.1. The number of aliphatic hydroxyl groups excluding tert-OH is 1. The molecular formula is C14H19NO. The molecule has 0 bridgehead atoms. The molecule has 0 spiro atoms. The van der Waals surface area contributed by atoms with Gasteiger partial charge >= 0.3 is 0 Å². The zero-order valence-corrected chi connectivity index (χ0v) is 10.1. The first kappa shape index (κ1) is 11.2. The van der Waals surface area contributed by atoms with E-state index in [2.05, 4.69) is 48.9 Å². The molecule has 2 rings (SSSR count). The second kappa shape index (κ2) is 4.30. The van der Waals surface area contributed by atoms with Gasteiger partial charge in [0.15, 0.2) is 0 Å². The number of hydrogen-bond acceptors (Lipinski definition) is 1. The summed E-state index contributed by atoms with van der Waals surface area (Å²) in [6.45, 7) is 6.62. The highest BCUT2D eigenvalue weighted by atomic mass is 16.3. The van der Waals surface area contributed by atoms with Crippen molar-refractivity contribution in [3.8, 4) is 0 Å². The van der Waals surface area contributed by atoms with Crippen LogP contribution in [0.3, 0.4) is 0 Å². The van der Waals surface area contributed by atoms with Crippen molar-refractivity contribution < 1.29 is 5.11 Å². The van der Waals surface area contributed by atoms with Crippen LogP contribution in [0.5, 0.6) is 0 Å². The average molecular weight is 217 g/mol. The lowest BCUT2D eigenvalue weighted by molar-refractivity contribution is 0.273. The Kier molecular flexibility index (Phi) is 3.01. The molecule has 1 aromatic carbocycles. The SMILES string of the molecule is CC(CO)c1ccc2c(ccn2C(C)C)c1. The van der Waals surface area contributed by atoms with Crippen LogP contribution in [0.15, 0.2) is 30.5 Å². The predicted octanol–water partition coefficient (Wildman–Crippen LogP) is 3.32. The highest BCUT2D eigenvalue weighted by Crippen LogP contribution is 2.24. The molecule has 0 saturated carbocycles. The van der Waals surface area contributed by atoms with Gasteiger partial charge in [0, 0.05) is 30.3 Å². The first-order valence-corrected chi connectivity index (χ1v) is 5.85. The Morgan fingerprint density at radius 2 is 1.94 bits per heavy atom. The Hall–Kier alpha value is -1.28. The number of hydrogen-bond donors (Lipinski definition) is 1. The fourth-order valence-electron chi connectivity index (χ4n) is 2.04. The van der Waals surface area contributed by atoms with Gasteiger partial charge in [-0.1, -0.05) is 13.0 Å². The van der Waals surface area contributed by atoms with Crippen molar-refractivity contribution in [1.82, 2.24) is 4.57 Å². The van der Waals surface area contributed by atoms with E-state index in [0.29, 0.717) is 6.04 Å². The topological polar surface area (TPSA) is 25.2 Å². The van der Waals surface area contributed by atoms with Crippen molar-refractivity contribution in [2.24, 2.45) is 0 Å². The molecule has 0 radical (unpaired) electrons. The minimum Gasteiger partial charge on any atom is -0.396 e. The highest BCUT2D eigenvalue weighted by molar-refractivity contribution is 5.81. The van der Waals surface area contributed by atoms with Crippen LogP contribution in [0.2, 0.25) is 0 Å². The van der Waals surface area contributed by atoms with Crippen LogP contribution in [0, 0.1) is 0 Å². The Morgan fingerprint density at radius 1 is 1.19 bits per heavy atom. The van der Waals surface area contributed by atoms with E-state index in [-0.39, 0.29) is 12.5 Å². The van der Waals surface area contributed by atoms with Crippen molar-refractivity contribution in [2.75, 3.05) is 6.61 Å². The molecule has 2 aromatic rings. The van der Waals surface area contributed by atoms with Gasteiger partial charge < -0.3 is 9.67 Å². The molecule has 0 amide bonds. The third kappa shape index (κ3) is 1.85. The van der Waals surface area contributed by atoms with Gasteiger partial charge in [0.2, 0.25) is 0 Å². The molecule has 1 N–H and O–H groups in total. The maximum atomic E-state index is 9.15. The largest absolute Gasteiger partial charge is 0.396 e. The summed E-state index contributed by atoms with van der Waals surface area (Å²) < 4.78 is 2.27. The molecule has 0 aliphatic heterocycles. The van der Waals surface area contributed by atoms with Crippen LogP contribution >= 0.6 is 0 Å². The second-order valence-corrected chi connectivity index (χ2v) is 4.72. The monoisotopic (exact) mass is 217 g/mol. The third-order valence-electron chi connectivity index (χ3n) is 3.14. The summed E-state index contributed by atoms with van der Waals surface area (Å²) >= 11 is 0. The van der Waals surface area contributed by atoms with Gasteiger partial charge in [-0.3, -0.25) is 0 Å². The number of aromatic nitrogens is 1. The van der Waals surface area contributed by atoms with Crippen molar-refractivity contribution in [3.05, 3.63) is 36.0 Å². The highest BCUT2D eigenvalue weighted by Gasteiger charge is 2.08. The number of benzene rings is 1. The van der Waals surface area contributed by atoms with Crippen LogP contribution < -0.4 is 0 Å². The average Bonchev–Trinajstić information content (AvgIpc) is 2.70. The molecule has 2 nitrogen and oxygen atoms in total. The molecule has 1 heterocycles. The normalized spacial score (nSPS) is 13.6. The van der Waals surface area contributed by atoms with E-state index in [0.717, 1.165) is 0 Å². The first-order valence-electron chi connectivity index (χ1n) is 5.85. The van der Waals surface area contributed by atoms with Crippen LogP contribution in [-0.4, -0.2) is 16.3 Å². The van der Waals surface area contributed by atoms with Crippen molar-refractivity contribution >= 4 is 10.9 Å². The molecule has 0 fully saturated rings. The molecule has 2 heteroatoms. The molecule has 0 aliphatic carbocycles. The van der Waals surface area contributed by atoms with E-state index >= 15 is 0 Å². The summed E-state index contributed by atoms with van der Waals surface area (Å²) in [5, 5.41) is 10.4. The lowest BCUT2D eigenvalue weighted by Gasteiger charge is -2.11.